The standard InChI is InChI=1S/C18H28N2O2.ClH/c1-14-7-8-15(2)17(12-14)22-11-5-4-6-18(21)20-10-9-19-13-16(20)3;/h7-8,12,16,19H,4-6,9-11,13H2,1-3H3;1H. The van der Waals surface area contributed by atoms with Crippen LogP contribution in [0.5, 0.6) is 5.75 Å². The van der Waals surface area contributed by atoms with Gasteiger partial charge in [-0.15, -0.1) is 12.4 Å². The molecule has 0 aromatic heterocycles. The molecule has 2 rings (SSSR count). The summed E-state index contributed by atoms with van der Waals surface area (Å²) in [7, 11) is 0. The Labute approximate surface area is 146 Å². The lowest BCUT2D eigenvalue weighted by Crippen LogP contribution is -2.52. The Morgan fingerprint density at radius 3 is 2.87 bits per heavy atom. The lowest BCUT2D eigenvalue weighted by molar-refractivity contribution is -0.134. The van der Waals surface area contributed by atoms with E-state index in [1.54, 1.807) is 0 Å². The van der Waals surface area contributed by atoms with Gasteiger partial charge >= 0.3 is 0 Å². The molecule has 0 spiro atoms. The Hall–Kier alpha value is -1.26. The Morgan fingerprint density at radius 2 is 2.13 bits per heavy atom. The molecule has 1 aromatic carbocycles. The monoisotopic (exact) mass is 340 g/mol. The van der Waals surface area contributed by atoms with Gasteiger partial charge in [-0.05, 0) is 50.8 Å². The topological polar surface area (TPSA) is 41.6 Å². The number of benzene rings is 1. The van der Waals surface area contributed by atoms with Crippen LogP contribution in [0.25, 0.3) is 0 Å². The molecule has 1 fully saturated rings. The van der Waals surface area contributed by atoms with Gasteiger partial charge in [-0.25, -0.2) is 0 Å². The fourth-order valence-corrected chi connectivity index (χ4v) is 2.78. The summed E-state index contributed by atoms with van der Waals surface area (Å²) < 4.78 is 5.83. The average molecular weight is 341 g/mol. The van der Waals surface area contributed by atoms with Crippen LogP contribution in [0.2, 0.25) is 0 Å². The number of amides is 1. The molecule has 23 heavy (non-hydrogen) atoms. The predicted octanol–water partition coefficient (Wildman–Crippen LogP) is 3.09. The maximum atomic E-state index is 12.2. The summed E-state index contributed by atoms with van der Waals surface area (Å²) in [5, 5.41) is 3.31. The van der Waals surface area contributed by atoms with Crippen molar-refractivity contribution in [3.63, 3.8) is 0 Å². The second kappa shape index (κ2) is 9.78. The molecule has 4 nitrogen and oxygen atoms in total. The number of piperazine rings is 1. The van der Waals surface area contributed by atoms with Gasteiger partial charge in [0.25, 0.3) is 0 Å². The zero-order valence-electron chi connectivity index (χ0n) is 14.4. The second-order valence-electron chi connectivity index (χ2n) is 6.21. The number of nitrogens with zero attached hydrogens (tertiary/aromatic N) is 1. The molecule has 1 atom stereocenters. The van der Waals surface area contributed by atoms with E-state index in [2.05, 4.69) is 44.3 Å². The van der Waals surface area contributed by atoms with Gasteiger partial charge in [-0.1, -0.05) is 12.1 Å². The number of unbranched alkanes of at least 4 members (excludes halogenated alkanes) is 1. The third-order valence-electron chi connectivity index (χ3n) is 4.21. The Morgan fingerprint density at radius 1 is 1.35 bits per heavy atom. The van der Waals surface area contributed by atoms with Gasteiger partial charge in [0, 0.05) is 32.1 Å². The average Bonchev–Trinajstić information content (AvgIpc) is 2.50. The van der Waals surface area contributed by atoms with Crippen molar-refractivity contribution in [1.29, 1.82) is 0 Å². The highest BCUT2D eigenvalue weighted by Crippen LogP contribution is 2.19. The molecule has 1 aromatic rings. The predicted molar refractivity (Wildman–Crippen MR) is 96.6 cm³/mol. The number of hydrogen-bond acceptors (Lipinski definition) is 3. The van der Waals surface area contributed by atoms with Crippen molar-refractivity contribution in [2.24, 2.45) is 0 Å². The van der Waals surface area contributed by atoms with E-state index in [9.17, 15) is 4.79 Å². The minimum Gasteiger partial charge on any atom is -0.493 e. The number of carbonyl (C=O) groups excluding carboxylic acids is 1. The molecule has 0 aliphatic carbocycles. The van der Waals surface area contributed by atoms with Crippen molar-refractivity contribution in [2.75, 3.05) is 26.2 Å². The third-order valence-corrected chi connectivity index (χ3v) is 4.21. The van der Waals surface area contributed by atoms with Gasteiger partial charge in [0.05, 0.1) is 6.61 Å². The van der Waals surface area contributed by atoms with Gasteiger partial charge in [-0.2, -0.15) is 0 Å². The largest absolute Gasteiger partial charge is 0.493 e. The van der Waals surface area contributed by atoms with Crippen molar-refractivity contribution in [1.82, 2.24) is 10.2 Å². The molecule has 0 saturated carbocycles. The molecule has 5 heteroatoms. The summed E-state index contributed by atoms with van der Waals surface area (Å²) in [5.41, 5.74) is 2.37. The van der Waals surface area contributed by atoms with Crippen molar-refractivity contribution < 1.29 is 9.53 Å². The lowest BCUT2D eigenvalue weighted by atomic mass is 10.1. The first-order chi connectivity index (χ1) is 10.6. The summed E-state index contributed by atoms with van der Waals surface area (Å²) in [5.74, 6) is 1.24. The number of aryl methyl sites for hydroxylation is 2. The van der Waals surface area contributed by atoms with Crippen molar-refractivity contribution in [2.45, 2.75) is 46.1 Å². The van der Waals surface area contributed by atoms with Crippen LogP contribution in [-0.4, -0.2) is 43.1 Å². The number of carbonyl (C=O) groups is 1. The Bertz CT molecular complexity index is 508. The van der Waals surface area contributed by atoms with Crippen LogP contribution in [0.15, 0.2) is 18.2 Å². The zero-order valence-corrected chi connectivity index (χ0v) is 15.2. The van der Waals surface area contributed by atoms with Crippen LogP contribution in [0.1, 0.15) is 37.3 Å². The maximum absolute atomic E-state index is 12.2. The molecule has 1 heterocycles. The summed E-state index contributed by atoms with van der Waals surface area (Å²) in [6.07, 6.45) is 2.43. The first-order valence-corrected chi connectivity index (χ1v) is 8.28. The third kappa shape index (κ3) is 6.04. The highest BCUT2D eigenvalue weighted by atomic mass is 35.5. The summed E-state index contributed by atoms with van der Waals surface area (Å²) in [6.45, 7) is 9.55. The van der Waals surface area contributed by atoms with Gasteiger partial charge in [0.1, 0.15) is 5.75 Å². The molecule has 1 saturated heterocycles. The van der Waals surface area contributed by atoms with E-state index in [-0.39, 0.29) is 18.3 Å². The molecule has 0 bridgehead atoms. The SMILES string of the molecule is Cc1ccc(C)c(OCCCCC(=O)N2CCNCC2C)c1.Cl. The molecule has 1 unspecified atom stereocenters. The smallest absolute Gasteiger partial charge is 0.222 e. The summed E-state index contributed by atoms with van der Waals surface area (Å²) in [4.78, 5) is 14.2. The first kappa shape index (κ1) is 19.8. The minimum atomic E-state index is 0. The number of hydrogen-bond donors (Lipinski definition) is 1. The van der Waals surface area contributed by atoms with E-state index in [1.165, 1.54) is 5.56 Å². The number of rotatable bonds is 6. The van der Waals surface area contributed by atoms with Crippen LogP contribution in [0.4, 0.5) is 0 Å². The van der Waals surface area contributed by atoms with E-state index in [1.807, 2.05) is 4.90 Å². The van der Waals surface area contributed by atoms with Crippen molar-refractivity contribution in [3.8, 4) is 5.75 Å². The minimum absolute atomic E-state index is 0. The fraction of sp³-hybridized carbons (Fsp3) is 0.611. The molecule has 0 radical (unpaired) electrons. The molecular weight excluding hydrogens is 312 g/mol. The van der Waals surface area contributed by atoms with Crippen molar-refractivity contribution >= 4 is 18.3 Å². The van der Waals surface area contributed by atoms with Gasteiger partial charge < -0.3 is 15.0 Å². The molecular formula is C18H29ClN2O2. The molecule has 1 N–H and O–H groups in total. The van der Waals surface area contributed by atoms with E-state index in [0.29, 0.717) is 19.1 Å². The number of ether oxygens (including phenoxy) is 1. The molecule has 1 aliphatic heterocycles. The number of halogens is 1. The highest BCUT2D eigenvalue weighted by molar-refractivity contribution is 5.85. The van der Waals surface area contributed by atoms with Crippen LogP contribution >= 0.6 is 12.4 Å². The van der Waals surface area contributed by atoms with Crippen molar-refractivity contribution in [3.05, 3.63) is 29.3 Å². The molecule has 1 amide bonds. The number of nitrogens with one attached hydrogen (secondary N) is 1. The lowest BCUT2D eigenvalue weighted by Gasteiger charge is -2.34. The first-order valence-electron chi connectivity index (χ1n) is 8.28. The van der Waals surface area contributed by atoms with E-state index >= 15 is 0 Å². The van der Waals surface area contributed by atoms with E-state index in [4.69, 9.17) is 4.74 Å². The van der Waals surface area contributed by atoms with Gasteiger partial charge in [-0.3, -0.25) is 4.79 Å². The summed E-state index contributed by atoms with van der Waals surface area (Å²) in [6, 6.07) is 6.56. The van der Waals surface area contributed by atoms with Crippen LogP contribution < -0.4 is 10.1 Å². The highest BCUT2D eigenvalue weighted by Gasteiger charge is 2.22. The summed E-state index contributed by atoms with van der Waals surface area (Å²) >= 11 is 0. The van der Waals surface area contributed by atoms with Crippen LogP contribution in [0.3, 0.4) is 0 Å². The Balaban J connectivity index is 0.00000264. The normalized spacial score (nSPS) is 17.5. The van der Waals surface area contributed by atoms with E-state index in [0.717, 1.165) is 43.8 Å². The maximum Gasteiger partial charge on any atom is 0.222 e. The molecule has 130 valence electrons. The van der Waals surface area contributed by atoms with Gasteiger partial charge in [0.15, 0.2) is 0 Å². The van der Waals surface area contributed by atoms with Crippen LogP contribution in [-0.2, 0) is 4.79 Å². The van der Waals surface area contributed by atoms with Gasteiger partial charge in [0.2, 0.25) is 5.91 Å². The molecule has 1 aliphatic rings. The van der Waals surface area contributed by atoms with E-state index < -0.39 is 0 Å². The zero-order chi connectivity index (χ0) is 15.9. The van der Waals surface area contributed by atoms with Crippen LogP contribution in [0, 0.1) is 13.8 Å². The quantitative estimate of drug-likeness (QED) is 0.809. The fourth-order valence-electron chi connectivity index (χ4n) is 2.78. The Kier molecular flexibility index (Phi) is 8.42. The second-order valence-corrected chi connectivity index (χ2v) is 6.21.